The first-order valence-corrected chi connectivity index (χ1v) is 10.2. The zero-order valence-electron chi connectivity index (χ0n) is 16.3. The standard InChI is InChI=1S/C22H21N3O3S/c1-14-12-18(15(2)25(14)10-9-16-6-5-11-29-16)20(26)13-28-22(27)21-17-7-3-4-8-19(17)23-24-21/h3-8,11-12H,9-10,13H2,1-2H3,(H,23,24). The molecule has 6 nitrogen and oxygen atoms in total. The van der Waals surface area contributed by atoms with E-state index in [-0.39, 0.29) is 18.1 Å². The van der Waals surface area contributed by atoms with Crippen molar-refractivity contribution in [3.05, 3.63) is 75.4 Å². The number of esters is 1. The normalized spacial score (nSPS) is 11.1. The highest BCUT2D eigenvalue weighted by Crippen LogP contribution is 2.19. The van der Waals surface area contributed by atoms with Crippen LogP contribution in [-0.4, -0.2) is 33.1 Å². The molecule has 0 aliphatic heterocycles. The Kier molecular flexibility index (Phi) is 5.31. The molecule has 0 amide bonds. The van der Waals surface area contributed by atoms with Crippen LogP contribution < -0.4 is 0 Å². The number of aromatic amines is 1. The van der Waals surface area contributed by atoms with Crippen LogP contribution in [0.1, 0.15) is 37.1 Å². The average Bonchev–Trinajstić information content (AvgIpc) is 3.44. The molecule has 1 aromatic carbocycles. The minimum absolute atomic E-state index is 0.190. The van der Waals surface area contributed by atoms with Crippen LogP contribution in [0, 0.1) is 13.8 Å². The molecule has 3 aromatic heterocycles. The fourth-order valence-electron chi connectivity index (χ4n) is 3.50. The first-order valence-electron chi connectivity index (χ1n) is 9.37. The Morgan fingerprint density at radius 2 is 2.00 bits per heavy atom. The van der Waals surface area contributed by atoms with Crippen LogP contribution in [0.3, 0.4) is 0 Å². The third-order valence-corrected chi connectivity index (χ3v) is 5.97. The van der Waals surface area contributed by atoms with Gasteiger partial charge in [0.2, 0.25) is 5.78 Å². The van der Waals surface area contributed by atoms with E-state index in [2.05, 4.69) is 26.2 Å². The van der Waals surface area contributed by atoms with E-state index >= 15 is 0 Å². The number of aryl methyl sites for hydroxylation is 2. The second kappa shape index (κ2) is 8.05. The average molecular weight is 407 g/mol. The topological polar surface area (TPSA) is 77.0 Å². The van der Waals surface area contributed by atoms with Crippen molar-refractivity contribution in [1.29, 1.82) is 0 Å². The monoisotopic (exact) mass is 407 g/mol. The van der Waals surface area contributed by atoms with Crippen LogP contribution >= 0.6 is 11.3 Å². The number of ether oxygens (including phenoxy) is 1. The molecule has 4 aromatic rings. The van der Waals surface area contributed by atoms with E-state index in [1.54, 1.807) is 17.4 Å². The van der Waals surface area contributed by atoms with E-state index in [4.69, 9.17) is 4.74 Å². The molecule has 0 saturated carbocycles. The summed E-state index contributed by atoms with van der Waals surface area (Å²) < 4.78 is 7.39. The number of thiophene rings is 1. The number of para-hydroxylation sites is 1. The van der Waals surface area contributed by atoms with Gasteiger partial charge in [0.15, 0.2) is 12.3 Å². The van der Waals surface area contributed by atoms with Gasteiger partial charge in [0, 0.05) is 33.8 Å². The van der Waals surface area contributed by atoms with E-state index in [1.165, 1.54) is 4.88 Å². The number of carbonyl (C=O) groups excluding carboxylic acids is 2. The SMILES string of the molecule is Cc1cc(C(=O)COC(=O)c2n[nH]c3ccccc23)c(C)n1CCc1cccs1. The molecule has 7 heteroatoms. The lowest BCUT2D eigenvalue weighted by molar-refractivity contribution is 0.0470. The van der Waals surface area contributed by atoms with Crippen LogP contribution in [0.15, 0.2) is 47.8 Å². The van der Waals surface area contributed by atoms with Crippen LogP contribution in [0.25, 0.3) is 10.9 Å². The Balaban J connectivity index is 1.43. The molecule has 4 rings (SSSR count). The Labute approximate surface area is 172 Å². The number of fused-ring (bicyclic) bond motifs is 1. The number of nitrogens with one attached hydrogen (secondary N) is 1. The van der Waals surface area contributed by atoms with Crippen LogP contribution in [0.4, 0.5) is 0 Å². The van der Waals surface area contributed by atoms with Crippen molar-refractivity contribution in [3.8, 4) is 0 Å². The van der Waals surface area contributed by atoms with Gasteiger partial charge >= 0.3 is 5.97 Å². The number of benzene rings is 1. The maximum absolute atomic E-state index is 12.7. The van der Waals surface area contributed by atoms with E-state index in [0.29, 0.717) is 10.9 Å². The van der Waals surface area contributed by atoms with Crippen molar-refractivity contribution in [1.82, 2.24) is 14.8 Å². The Morgan fingerprint density at radius 3 is 2.79 bits per heavy atom. The minimum atomic E-state index is -0.609. The summed E-state index contributed by atoms with van der Waals surface area (Å²) in [6, 6.07) is 13.3. The predicted octanol–water partition coefficient (Wildman–Crippen LogP) is 4.33. The molecular formula is C22H21N3O3S. The second-order valence-corrected chi connectivity index (χ2v) is 7.92. The minimum Gasteiger partial charge on any atom is -0.452 e. The van der Waals surface area contributed by atoms with Crippen molar-refractivity contribution in [3.63, 3.8) is 0 Å². The lowest BCUT2D eigenvalue weighted by Crippen LogP contribution is -2.15. The second-order valence-electron chi connectivity index (χ2n) is 6.88. The number of hydrogen-bond donors (Lipinski definition) is 1. The van der Waals surface area contributed by atoms with Gasteiger partial charge in [0.05, 0.1) is 5.52 Å². The molecule has 1 N–H and O–H groups in total. The van der Waals surface area contributed by atoms with Crippen molar-refractivity contribution >= 4 is 34.0 Å². The fourth-order valence-corrected chi connectivity index (χ4v) is 4.20. The summed E-state index contributed by atoms with van der Waals surface area (Å²) in [7, 11) is 0. The van der Waals surface area contributed by atoms with E-state index in [9.17, 15) is 9.59 Å². The number of hydrogen-bond acceptors (Lipinski definition) is 5. The number of aromatic nitrogens is 3. The van der Waals surface area contributed by atoms with E-state index in [0.717, 1.165) is 29.9 Å². The molecular weight excluding hydrogens is 386 g/mol. The lowest BCUT2D eigenvalue weighted by Gasteiger charge is -2.09. The van der Waals surface area contributed by atoms with Gasteiger partial charge < -0.3 is 9.30 Å². The molecule has 0 fully saturated rings. The van der Waals surface area contributed by atoms with Gasteiger partial charge in [0.25, 0.3) is 0 Å². The molecule has 0 aliphatic carbocycles. The molecule has 29 heavy (non-hydrogen) atoms. The summed E-state index contributed by atoms with van der Waals surface area (Å²) in [6.45, 7) is 4.41. The molecule has 3 heterocycles. The zero-order valence-corrected chi connectivity index (χ0v) is 17.1. The molecule has 0 unspecified atom stereocenters. The highest BCUT2D eigenvalue weighted by Gasteiger charge is 2.20. The number of ketones is 1. The molecule has 0 spiro atoms. The molecule has 148 valence electrons. The number of nitrogens with zero attached hydrogens (tertiary/aromatic N) is 2. The van der Waals surface area contributed by atoms with Crippen molar-refractivity contribution in [2.75, 3.05) is 6.61 Å². The molecule has 0 aliphatic rings. The van der Waals surface area contributed by atoms with E-state index < -0.39 is 5.97 Å². The van der Waals surface area contributed by atoms with Gasteiger partial charge in [-0.05, 0) is 43.8 Å². The molecule has 0 atom stereocenters. The van der Waals surface area contributed by atoms with E-state index in [1.807, 2.05) is 44.2 Å². The Hall–Kier alpha value is -3.19. The van der Waals surface area contributed by atoms with Crippen molar-refractivity contribution < 1.29 is 14.3 Å². The quantitative estimate of drug-likeness (QED) is 0.365. The summed E-state index contributed by atoms with van der Waals surface area (Å²) in [4.78, 5) is 26.4. The summed E-state index contributed by atoms with van der Waals surface area (Å²) in [5.74, 6) is -0.823. The number of H-pyrrole nitrogens is 1. The van der Waals surface area contributed by atoms with Crippen molar-refractivity contribution in [2.45, 2.75) is 26.8 Å². The van der Waals surface area contributed by atoms with Gasteiger partial charge in [-0.15, -0.1) is 11.3 Å². The van der Waals surface area contributed by atoms with Crippen LogP contribution in [0.2, 0.25) is 0 Å². The fraction of sp³-hybridized carbons (Fsp3) is 0.227. The molecule has 0 saturated heterocycles. The van der Waals surface area contributed by atoms with Crippen LogP contribution in [0.5, 0.6) is 0 Å². The predicted molar refractivity (Wildman–Crippen MR) is 113 cm³/mol. The first-order chi connectivity index (χ1) is 14.0. The molecule has 0 radical (unpaired) electrons. The smallest absolute Gasteiger partial charge is 0.359 e. The van der Waals surface area contributed by atoms with Crippen molar-refractivity contribution in [2.24, 2.45) is 0 Å². The first kappa shape index (κ1) is 19.1. The summed E-state index contributed by atoms with van der Waals surface area (Å²) in [5.41, 5.74) is 3.45. The van der Waals surface area contributed by atoms with Gasteiger partial charge in [-0.2, -0.15) is 5.10 Å². The Morgan fingerprint density at radius 1 is 1.17 bits per heavy atom. The van der Waals surface area contributed by atoms with Gasteiger partial charge in [-0.25, -0.2) is 4.79 Å². The maximum atomic E-state index is 12.7. The number of carbonyl (C=O) groups is 2. The maximum Gasteiger partial charge on any atom is 0.359 e. The lowest BCUT2D eigenvalue weighted by atomic mass is 10.1. The highest BCUT2D eigenvalue weighted by molar-refractivity contribution is 7.09. The van der Waals surface area contributed by atoms with Gasteiger partial charge in [0.1, 0.15) is 0 Å². The molecule has 0 bridgehead atoms. The largest absolute Gasteiger partial charge is 0.452 e. The van der Waals surface area contributed by atoms with Gasteiger partial charge in [-0.3, -0.25) is 9.89 Å². The number of rotatable bonds is 7. The number of Topliss-reactive ketones (excluding diaryl/α,β-unsaturated/α-hetero) is 1. The zero-order chi connectivity index (χ0) is 20.4. The van der Waals surface area contributed by atoms with Gasteiger partial charge in [-0.1, -0.05) is 24.3 Å². The highest BCUT2D eigenvalue weighted by atomic mass is 32.1. The summed E-state index contributed by atoms with van der Waals surface area (Å²) in [5, 5.41) is 9.56. The summed E-state index contributed by atoms with van der Waals surface area (Å²) in [6.07, 6.45) is 0.920. The third-order valence-electron chi connectivity index (χ3n) is 5.03. The third kappa shape index (κ3) is 3.86. The summed E-state index contributed by atoms with van der Waals surface area (Å²) >= 11 is 1.73. The Bertz CT molecular complexity index is 1170. The van der Waals surface area contributed by atoms with Crippen LogP contribution in [-0.2, 0) is 17.7 Å².